The topological polar surface area (TPSA) is 58.6 Å². The maximum atomic E-state index is 13.4. The van der Waals surface area contributed by atoms with Crippen molar-refractivity contribution in [1.29, 1.82) is 0 Å². The number of fused-ring (bicyclic) bond motifs is 1. The van der Waals surface area contributed by atoms with Gasteiger partial charge in [0.2, 0.25) is 5.89 Å². The maximum absolute atomic E-state index is 13.4. The molecule has 0 aliphatic rings. The van der Waals surface area contributed by atoms with Gasteiger partial charge >= 0.3 is 0 Å². The highest BCUT2D eigenvalue weighted by atomic mass is 19.1. The molecule has 0 amide bonds. The standard InChI is InChI=1S/C21H15FN2O2/c1-13-8-9-18-19(10-13)26-21(24-18)14-4-2-6-16(11-14)23-12-15-5-3-7-17(22)20(15)25/h2-12,25H,1H3. The average Bonchev–Trinajstić information content (AvgIpc) is 3.06. The first-order chi connectivity index (χ1) is 12.6. The summed E-state index contributed by atoms with van der Waals surface area (Å²) in [5, 5.41) is 9.72. The fourth-order valence-corrected chi connectivity index (χ4v) is 2.65. The number of hydrogen-bond donors (Lipinski definition) is 1. The number of aliphatic imine (C=N–C) groups is 1. The molecular formula is C21H15FN2O2. The summed E-state index contributed by atoms with van der Waals surface area (Å²) in [5.74, 6) is -0.581. The van der Waals surface area contributed by atoms with E-state index < -0.39 is 11.6 Å². The van der Waals surface area contributed by atoms with Crippen molar-refractivity contribution in [3.8, 4) is 17.2 Å². The van der Waals surface area contributed by atoms with Crippen molar-refractivity contribution >= 4 is 23.0 Å². The number of rotatable bonds is 3. The maximum Gasteiger partial charge on any atom is 0.227 e. The van der Waals surface area contributed by atoms with E-state index >= 15 is 0 Å². The number of hydrogen-bond acceptors (Lipinski definition) is 4. The van der Waals surface area contributed by atoms with E-state index in [1.807, 2.05) is 49.4 Å². The second kappa shape index (κ2) is 6.44. The van der Waals surface area contributed by atoms with Crippen molar-refractivity contribution in [1.82, 2.24) is 4.98 Å². The number of para-hydroxylation sites is 1. The Kier molecular flexibility index (Phi) is 3.97. The van der Waals surface area contributed by atoms with Gasteiger partial charge in [0.05, 0.1) is 5.69 Å². The van der Waals surface area contributed by atoms with E-state index in [1.165, 1.54) is 18.3 Å². The lowest BCUT2D eigenvalue weighted by atomic mass is 10.2. The van der Waals surface area contributed by atoms with Gasteiger partial charge in [-0.1, -0.05) is 18.2 Å². The van der Waals surface area contributed by atoms with Crippen LogP contribution in [0.15, 0.2) is 70.1 Å². The Morgan fingerprint density at radius 2 is 1.92 bits per heavy atom. The average molecular weight is 346 g/mol. The fraction of sp³-hybridized carbons (Fsp3) is 0.0476. The lowest BCUT2D eigenvalue weighted by molar-refractivity contribution is 0.431. The third-order valence-electron chi connectivity index (χ3n) is 4.01. The summed E-state index contributed by atoms with van der Waals surface area (Å²) in [6.07, 6.45) is 1.42. The van der Waals surface area contributed by atoms with Gasteiger partial charge in [-0.15, -0.1) is 0 Å². The monoisotopic (exact) mass is 346 g/mol. The van der Waals surface area contributed by atoms with Crippen LogP contribution in [-0.4, -0.2) is 16.3 Å². The molecule has 26 heavy (non-hydrogen) atoms. The SMILES string of the molecule is Cc1ccc2nc(-c3cccc(N=Cc4cccc(F)c4O)c3)oc2c1. The lowest BCUT2D eigenvalue weighted by Gasteiger charge is -2.00. The summed E-state index contributed by atoms with van der Waals surface area (Å²) in [4.78, 5) is 8.81. The molecule has 4 aromatic rings. The minimum atomic E-state index is -0.676. The molecule has 1 heterocycles. The minimum absolute atomic E-state index is 0.313. The van der Waals surface area contributed by atoms with Gasteiger partial charge in [-0.3, -0.25) is 4.99 Å². The van der Waals surface area contributed by atoms with Gasteiger partial charge in [-0.2, -0.15) is 0 Å². The van der Waals surface area contributed by atoms with Crippen molar-refractivity contribution in [2.75, 3.05) is 0 Å². The van der Waals surface area contributed by atoms with Crippen molar-refractivity contribution < 1.29 is 13.9 Å². The molecule has 0 saturated carbocycles. The molecule has 4 rings (SSSR count). The van der Waals surface area contributed by atoms with Crippen LogP contribution in [0.2, 0.25) is 0 Å². The molecule has 1 aromatic heterocycles. The number of nitrogens with zero attached hydrogens (tertiary/aromatic N) is 2. The number of halogens is 1. The van der Waals surface area contributed by atoms with Crippen LogP contribution in [0.25, 0.3) is 22.6 Å². The van der Waals surface area contributed by atoms with E-state index in [0.29, 0.717) is 17.1 Å². The van der Waals surface area contributed by atoms with Crippen molar-refractivity contribution in [2.45, 2.75) is 6.92 Å². The second-order valence-corrected chi connectivity index (χ2v) is 5.98. The fourth-order valence-electron chi connectivity index (χ4n) is 2.65. The van der Waals surface area contributed by atoms with Crippen LogP contribution in [0.5, 0.6) is 5.75 Å². The molecule has 0 saturated heterocycles. The molecule has 0 spiro atoms. The molecule has 0 aliphatic carbocycles. The van der Waals surface area contributed by atoms with Gasteiger partial charge in [-0.05, 0) is 55.0 Å². The number of aryl methyl sites for hydroxylation is 1. The zero-order valence-electron chi connectivity index (χ0n) is 14.0. The van der Waals surface area contributed by atoms with Gasteiger partial charge in [0.15, 0.2) is 17.1 Å². The van der Waals surface area contributed by atoms with E-state index in [-0.39, 0.29) is 0 Å². The summed E-state index contributed by atoms with van der Waals surface area (Å²) in [5.41, 5.74) is 4.38. The summed E-state index contributed by atoms with van der Waals surface area (Å²) in [7, 11) is 0. The summed E-state index contributed by atoms with van der Waals surface area (Å²) < 4.78 is 19.2. The number of aromatic nitrogens is 1. The van der Waals surface area contributed by atoms with Crippen molar-refractivity contribution in [3.63, 3.8) is 0 Å². The first-order valence-corrected chi connectivity index (χ1v) is 8.09. The number of phenols is 1. The second-order valence-electron chi connectivity index (χ2n) is 5.98. The first kappa shape index (κ1) is 16.0. The molecule has 128 valence electrons. The number of phenolic OH excluding ortho intramolecular Hbond substituents is 1. The molecule has 0 aliphatic heterocycles. The Hall–Kier alpha value is -3.47. The van der Waals surface area contributed by atoms with Crippen LogP contribution in [0.4, 0.5) is 10.1 Å². The molecule has 0 atom stereocenters. The third-order valence-corrected chi connectivity index (χ3v) is 4.01. The number of oxazole rings is 1. The van der Waals surface area contributed by atoms with Gasteiger partial charge in [-0.25, -0.2) is 9.37 Å². The Morgan fingerprint density at radius 1 is 1.08 bits per heavy atom. The summed E-state index contributed by atoms with van der Waals surface area (Å²) in [6, 6.07) is 17.5. The molecule has 3 aromatic carbocycles. The Morgan fingerprint density at radius 3 is 2.81 bits per heavy atom. The van der Waals surface area contributed by atoms with Crippen LogP contribution in [0, 0.1) is 12.7 Å². The Balaban J connectivity index is 1.67. The van der Waals surface area contributed by atoms with E-state index in [9.17, 15) is 9.50 Å². The van der Waals surface area contributed by atoms with Crippen molar-refractivity contribution in [2.24, 2.45) is 4.99 Å². The zero-order chi connectivity index (χ0) is 18.1. The van der Waals surface area contributed by atoms with Gasteiger partial charge in [0, 0.05) is 17.3 Å². The van der Waals surface area contributed by atoms with E-state index in [1.54, 1.807) is 6.07 Å². The van der Waals surface area contributed by atoms with Gasteiger partial charge in [0.25, 0.3) is 0 Å². The van der Waals surface area contributed by atoms with Crippen LogP contribution >= 0.6 is 0 Å². The summed E-state index contributed by atoms with van der Waals surface area (Å²) >= 11 is 0. The highest BCUT2D eigenvalue weighted by Gasteiger charge is 2.09. The van der Waals surface area contributed by atoms with Crippen LogP contribution in [0.3, 0.4) is 0 Å². The van der Waals surface area contributed by atoms with Crippen LogP contribution in [0.1, 0.15) is 11.1 Å². The predicted octanol–water partition coefficient (Wildman–Crippen LogP) is 5.40. The highest BCUT2D eigenvalue weighted by Crippen LogP contribution is 2.28. The predicted molar refractivity (Wildman–Crippen MR) is 99.5 cm³/mol. The number of aromatic hydroxyl groups is 1. The number of benzene rings is 3. The zero-order valence-corrected chi connectivity index (χ0v) is 14.0. The van der Waals surface area contributed by atoms with Gasteiger partial charge in [0.1, 0.15) is 5.52 Å². The Labute approximate surface area is 149 Å². The van der Waals surface area contributed by atoms with E-state index in [4.69, 9.17) is 4.42 Å². The molecule has 0 bridgehead atoms. The largest absolute Gasteiger partial charge is 0.504 e. The quantitative estimate of drug-likeness (QED) is 0.505. The minimum Gasteiger partial charge on any atom is -0.504 e. The molecule has 0 fully saturated rings. The molecule has 0 unspecified atom stereocenters. The van der Waals surface area contributed by atoms with Crippen molar-refractivity contribution in [3.05, 3.63) is 77.6 Å². The normalized spacial score (nSPS) is 11.5. The lowest BCUT2D eigenvalue weighted by Crippen LogP contribution is -1.85. The van der Waals surface area contributed by atoms with Crippen LogP contribution < -0.4 is 0 Å². The Bertz CT molecular complexity index is 1130. The van der Waals surface area contributed by atoms with E-state index in [0.717, 1.165) is 22.2 Å². The molecule has 5 heteroatoms. The smallest absolute Gasteiger partial charge is 0.227 e. The molecule has 0 radical (unpaired) electrons. The molecule has 1 N–H and O–H groups in total. The molecular weight excluding hydrogens is 331 g/mol. The van der Waals surface area contributed by atoms with Crippen LogP contribution in [-0.2, 0) is 0 Å². The highest BCUT2D eigenvalue weighted by molar-refractivity contribution is 5.85. The third kappa shape index (κ3) is 3.07. The summed E-state index contributed by atoms with van der Waals surface area (Å²) in [6.45, 7) is 2.00. The molecule has 4 nitrogen and oxygen atoms in total. The van der Waals surface area contributed by atoms with Gasteiger partial charge < -0.3 is 9.52 Å². The van der Waals surface area contributed by atoms with E-state index in [2.05, 4.69) is 9.98 Å². The first-order valence-electron chi connectivity index (χ1n) is 8.09.